The SMILES string of the molecule is COC1C(O)COC1CC=O. The molecule has 1 rings (SSSR count). The number of rotatable bonds is 3. The maximum Gasteiger partial charge on any atom is 0.122 e. The van der Waals surface area contributed by atoms with Gasteiger partial charge in [0, 0.05) is 13.5 Å². The van der Waals surface area contributed by atoms with Crippen LogP contribution in [0.2, 0.25) is 0 Å². The Morgan fingerprint density at radius 1 is 1.82 bits per heavy atom. The van der Waals surface area contributed by atoms with Gasteiger partial charge in [-0.25, -0.2) is 0 Å². The maximum atomic E-state index is 10.1. The molecular formula is C7H12O4. The van der Waals surface area contributed by atoms with Crippen LogP contribution in [-0.4, -0.2) is 43.4 Å². The van der Waals surface area contributed by atoms with Crippen LogP contribution in [0.3, 0.4) is 0 Å². The Morgan fingerprint density at radius 3 is 3.09 bits per heavy atom. The minimum atomic E-state index is -0.593. The molecule has 64 valence electrons. The molecule has 3 unspecified atom stereocenters. The van der Waals surface area contributed by atoms with Gasteiger partial charge in [-0.1, -0.05) is 0 Å². The van der Waals surface area contributed by atoms with E-state index in [0.29, 0.717) is 0 Å². The number of ether oxygens (including phenoxy) is 2. The smallest absolute Gasteiger partial charge is 0.122 e. The molecule has 0 radical (unpaired) electrons. The average molecular weight is 160 g/mol. The van der Waals surface area contributed by atoms with Crippen LogP contribution in [0.4, 0.5) is 0 Å². The molecular weight excluding hydrogens is 148 g/mol. The number of methoxy groups -OCH3 is 1. The van der Waals surface area contributed by atoms with Gasteiger partial charge in [0.25, 0.3) is 0 Å². The van der Waals surface area contributed by atoms with Gasteiger partial charge in [0.15, 0.2) is 0 Å². The zero-order valence-corrected chi connectivity index (χ0v) is 6.40. The van der Waals surface area contributed by atoms with E-state index in [9.17, 15) is 9.90 Å². The highest BCUT2D eigenvalue weighted by atomic mass is 16.6. The molecule has 0 aromatic rings. The highest BCUT2D eigenvalue weighted by Gasteiger charge is 2.35. The fourth-order valence-electron chi connectivity index (χ4n) is 1.27. The number of carbonyl (C=O) groups excluding carboxylic acids is 1. The van der Waals surface area contributed by atoms with Crippen LogP contribution in [-0.2, 0) is 14.3 Å². The summed E-state index contributed by atoms with van der Waals surface area (Å²) in [5, 5.41) is 9.22. The summed E-state index contributed by atoms with van der Waals surface area (Å²) in [4.78, 5) is 10.1. The second-order valence-corrected chi connectivity index (χ2v) is 2.54. The van der Waals surface area contributed by atoms with E-state index in [1.165, 1.54) is 7.11 Å². The molecule has 11 heavy (non-hydrogen) atoms. The molecule has 1 aliphatic heterocycles. The van der Waals surface area contributed by atoms with Crippen LogP contribution in [0.5, 0.6) is 0 Å². The van der Waals surface area contributed by atoms with E-state index in [0.717, 1.165) is 6.29 Å². The molecule has 4 heteroatoms. The van der Waals surface area contributed by atoms with Crippen LogP contribution in [0.25, 0.3) is 0 Å². The highest BCUT2D eigenvalue weighted by Crippen LogP contribution is 2.18. The van der Waals surface area contributed by atoms with Crippen LogP contribution in [0.1, 0.15) is 6.42 Å². The third-order valence-corrected chi connectivity index (χ3v) is 1.83. The Morgan fingerprint density at radius 2 is 2.55 bits per heavy atom. The molecule has 1 heterocycles. The summed E-state index contributed by atoms with van der Waals surface area (Å²) >= 11 is 0. The Kier molecular flexibility index (Phi) is 2.99. The Balaban J connectivity index is 2.46. The normalized spacial score (nSPS) is 37.5. The van der Waals surface area contributed by atoms with Crippen LogP contribution < -0.4 is 0 Å². The van der Waals surface area contributed by atoms with E-state index >= 15 is 0 Å². The van der Waals surface area contributed by atoms with Crippen molar-refractivity contribution in [3.63, 3.8) is 0 Å². The summed E-state index contributed by atoms with van der Waals surface area (Å²) in [6, 6.07) is 0. The zero-order valence-electron chi connectivity index (χ0n) is 6.40. The van der Waals surface area contributed by atoms with Crippen molar-refractivity contribution >= 4 is 6.29 Å². The van der Waals surface area contributed by atoms with E-state index in [1.807, 2.05) is 0 Å². The van der Waals surface area contributed by atoms with Crippen molar-refractivity contribution in [2.75, 3.05) is 13.7 Å². The quantitative estimate of drug-likeness (QED) is 0.557. The van der Waals surface area contributed by atoms with Crippen LogP contribution in [0, 0.1) is 0 Å². The van der Waals surface area contributed by atoms with E-state index in [4.69, 9.17) is 9.47 Å². The van der Waals surface area contributed by atoms with Gasteiger partial charge in [0.05, 0.1) is 12.7 Å². The Hall–Kier alpha value is -0.450. The zero-order chi connectivity index (χ0) is 8.27. The van der Waals surface area contributed by atoms with Crippen molar-refractivity contribution in [2.45, 2.75) is 24.7 Å². The van der Waals surface area contributed by atoms with E-state index in [-0.39, 0.29) is 25.2 Å². The first-order valence-electron chi connectivity index (χ1n) is 3.55. The first-order valence-corrected chi connectivity index (χ1v) is 3.55. The van der Waals surface area contributed by atoms with Gasteiger partial charge >= 0.3 is 0 Å². The molecule has 1 fully saturated rings. The minimum Gasteiger partial charge on any atom is -0.388 e. The van der Waals surface area contributed by atoms with Gasteiger partial charge < -0.3 is 19.4 Å². The molecule has 1 aliphatic rings. The highest BCUT2D eigenvalue weighted by molar-refractivity contribution is 5.50. The summed E-state index contributed by atoms with van der Waals surface area (Å²) < 4.78 is 10.1. The lowest BCUT2D eigenvalue weighted by atomic mass is 10.1. The maximum absolute atomic E-state index is 10.1. The number of hydrogen-bond donors (Lipinski definition) is 1. The predicted molar refractivity (Wildman–Crippen MR) is 37.2 cm³/mol. The summed E-state index contributed by atoms with van der Waals surface area (Å²) in [5.74, 6) is 0. The Labute approximate surface area is 65.1 Å². The lowest BCUT2D eigenvalue weighted by Gasteiger charge is -2.15. The van der Waals surface area contributed by atoms with Crippen molar-refractivity contribution in [2.24, 2.45) is 0 Å². The van der Waals surface area contributed by atoms with E-state index < -0.39 is 6.10 Å². The molecule has 0 amide bonds. The molecule has 1 N–H and O–H groups in total. The van der Waals surface area contributed by atoms with Crippen molar-refractivity contribution in [3.8, 4) is 0 Å². The van der Waals surface area contributed by atoms with Gasteiger partial charge in [0.2, 0.25) is 0 Å². The largest absolute Gasteiger partial charge is 0.388 e. The van der Waals surface area contributed by atoms with Gasteiger partial charge in [-0.05, 0) is 0 Å². The van der Waals surface area contributed by atoms with E-state index in [2.05, 4.69) is 0 Å². The molecule has 1 saturated heterocycles. The first-order chi connectivity index (χ1) is 5.29. The summed E-state index contributed by atoms with van der Waals surface area (Å²) in [6.07, 6.45) is -0.151. The van der Waals surface area contributed by atoms with Crippen LogP contribution in [0.15, 0.2) is 0 Å². The van der Waals surface area contributed by atoms with Crippen molar-refractivity contribution in [1.29, 1.82) is 0 Å². The number of carbonyl (C=O) groups is 1. The minimum absolute atomic E-state index is 0.261. The summed E-state index contributed by atoms with van der Waals surface area (Å²) in [6.45, 7) is 0.261. The predicted octanol–water partition coefficient (Wildman–Crippen LogP) is -0.650. The summed E-state index contributed by atoms with van der Waals surface area (Å²) in [5.41, 5.74) is 0. The fraction of sp³-hybridized carbons (Fsp3) is 0.857. The summed E-state index contributed by atoms with van der Waals surface area (Å²) in [7, 11) is 1.50. The topological polar surface area (TPSA) is 55.8 Å². The average Bonchev–Trinajstić information content (AvgIpc) is 2.33. The van der Waals surface area contributed by atoms with Crippen molar-refractivity contribution in [3.05, 3.63) is 0 Å². The second-order valence-electron chi connectivity index (χ2n) is 2.54. The monoisotopic (exact) mass is 160 g/mol. The molecule has 0 bridgehead atoms. The number of aliphatic hydroxyl groups is 1. The number of aldehydes is 1. The van der Waals surface area contributed by atoms with Gasteiger partial charge in [0.1, 0.15) is 18.5 Å². The van der Waals surface area contributed by atoms with Gasteiger partial charge in [-0.15, -0.1) is 0 Å². The molecule has 0 aromatic heterocycles. The third-order valence-electron chi connectivity index (χ3n) is 1.83. The second kappa shape index (κ2) is 3.80. The van der Waals surface area contributed by atoms with Gasteiger partial charge in [-0.2, -0.15) is 0 Å². The van der Waals surface area contributed by atoms with E-state index in [1.54, 1.807) is 0 Å². The Bertz CT molecular complexity index is 136. The number of hydrogen-bond acceptors (Lipinski definition) is 4. The molecule has 3 atom stereocenters. The van der Waals surface area contributed by atoms with Crippen LogP contribution >= 0.6 is 0 Å². The lowest BCUT2D eigenvalue weighted by Crippen LogP contribution is -2.32. The van der Waals surface area contributed by atoms with Gasteiger partial charge in [-0.3, -0.25) is 0 Å². The third kappa shape index (κ3) is 1.77. The molecule has 4 nitrogen and oxygen atoms in total. The lowest BCUT2D eigenvalue weighted by molar-refractivity contribution is -0.111. The fourth-order valence-corrected chi connectivity index (χ4v) is 1.27. The first kappa shape index (κ1) is 8.64. The molecule has 0 saturated carbocycles. The number of aliphatic hydroxyl groups excluding tert-OH is 1. The van der Waals surface area contributed by atoms with Crippen molar-refractivity contribution < 1.29 is 19.4 Å². The van der Waals surface area contributed by atoms with Crippen molar-refractivity contribution in [1.82, 2.24) is 0 Å². The standard InChI is InChI=1S/C7H12O4/c1-10-7-5(9)4-11-6(7)2-3-8/h3,5-7,9H,2,4H2,1H3. The molecule has 0 aliphatic carbocycles. The molecule has 0 spiro atoms. The molecule has 0 aromatic carbocycles.